The van der Waals surface area contributed by atoms with Crippen LogP contribution >= 0.6 is 11.3 Å². The Bertz CT molecular complexity index is 557. The fourth-order valence-corrected chi connectivity index (χ4v) is 3.14. The smallest absolute Gasteiger partial charge is 0.127 e. The minimum Gasteiger partial charge on any atom is -0.493 e. The van der Waals surface area contributed by atoms with Crippen molar-refractivity contribution in [1.29, 1.82) is 0 Å². The number of aryl methyl sites for hydroxylation is 1. The van der Waals surface area contributed by atoms with Crippen molar-refractivity contribution in [2.24, 2.45) is 0 Å². The van der Waals surface area contributed by atoms with E-state index in [9.17, 15) is 5.11 Å². The molecule has 0 fully saturated rings. The molecule has 0 radical (unpaired) electrons. The first-order valence-corrected chi connectivity index (χ1v) is 6.66. The fourth-order valence-electron chi connectivity index (χ4n) is 2.25. The number of rotatable bonds is 1. The van der Waals surface area contributed by atoms with Gasteiger partial charge in [-0.3, -0.25) is 0 Å². The number of hydrogen-bond acceptors (Lipinski definition) is 3. The summed E-state index contributed by atoms with van der Waals surface area (Å²) in [6.45, 7) is 2.82. The molecule has 0 spiro atoms. The molecule has 1 N–H and O–H groups in total. The van der Waals surface area contributed by atoms with E-state index in [0.29, 0.717) is 0 Å². The van der Waals surface area contributed by atoms with Gasteiger partial charge in [0.05, 0.1) is 13.2 Å². The molecule has 2 aromatic rings. The Kier molecular flexibility index (Phi) is 2.65. The fraction of sp³-hybridized carbons (Fsp3) is 0.286. The SMILES string of the molecule is Cc1cc2c(cc1CO)-c1cscc1CCO2. The molecule has 3 rings (SSSR count). The van der Waals surface area contributed by atoms with Gasteiger partial charge in [0.15, 0.2) is 0 Å². The molecule has 17 heavy (non-hydrogen) atoms. The summed E-state index contributed by atoms with van der Waals surface area (Å²) in [6.07, 6.45) is 0.959. The Hall–Kier alpha value is -1.32. The van der Waals surface area contributed by atoms with Crippen molar-refractivity contribution in [3.8, 4) is 16.9 Å². The van der Waals surface area contributed by atoms with Gasteiger partial charge < -0.3 is 9.84 Å². The maximum atomic E-state index is 9.35. The number of fused-ring (bicyclic) bond motifs is 3. The molecular formula is C14H14O2S. The number of aliphatic hydroxyl groups is 1. The van der Waals surface area contributed by atoms with Gasteiger partial charge in [-0.05, 0) is 52.1 Å². The first-order chi connectivity index (χ1) is 8.29. The molecule has 2 heterocycles. The molecule has 0 bridgehead atoms. The lowest BCUT2D eigenvalue weighted by molar-refractivity contribution is 0.280. The van der Waals surface area contributed by atoms with Gasteiger partial charge in [0, 0.05) is 12.0 Å². The van der Waals surface area contributed by atoms with Gasteiger partial charge in [0.2, 0.25) is 0 Å². The lowest BCUT2D eigenvalue weighted by Crippen LogP contribution is -1.99. The maximum Gasteiger partial charge on any atom is 0.127 e. The summed E-state index contributed by atoms with van der Waals surface area (Å²) in [5, 5.41) is 13.7. The topological polar surface area (TPSA) is 29.5 Å². The van der Waals surface area contributed by atoms with E-state index in [-0.39, 0.29) is 6.61 Å². The number of aliphatic hydroxyl groups excluding tert-OH is 1. The highest BCUT2D eigenvalue weighted by Gasteiger charge is 2.17. The predicted octanol–water partition coefficient (Wildman–Crippen LogP) is 3.15. The minimum absolute atomic E-state index is 0.0819. The van der Waals surface area contributed by atoms with Crippen LogP contribution in [-0.4, -0.2) is 11.7 Å². The molecule has 0 saturated heterocycles. The third-order valence-corrected chi connectivity index (χ3v) is 4.06. The monoisotopic (exact) mass is 246 g/mol. The Morgan fingerprint density at radius 1 is 1.29 bits per heavy atom. The number of hydrogen-bond donors (Lipinski definition) is 1. The van der Waals surface area contributed by atoms with E-state index in [1.807, 2.05) is 13.0 Å². The van der Waals surface area contributed by atoms with Crippen molar-refractivity contribution in [2.45, 2.75) is 20.0 Å². The van der Waals surface area contributed by atoms with Crippen LogP contribution in [0.1, 0.15) is 16.7 Å². The van der Waals surface area contributed by atoms with Crippen molar-refractivity contribution in [2.75, 3.05) is 6.61 Å². The van der Waals surface area contributed by atoms with Gasteiger partial charge in [-0.2, -0.15) is 11.3 Å². The Labute approximate surface area is 104 Å². The second-order valence-electron chi connectivity index (χ2n) is 4.34. The largest absolute Gasteiger partial charge is 0.493 e. The van der Waals surface area contributed by atoms with Crippen LogP contribution in [0.3, 0.4) is 0 Å². The molecule has 1 aliphatic heterocycles. The average Bonchev–Trinajstić information content (AvgIpc) is 2.72. The second kappa shape index (κ2) is 4.17. The number of thiophene rings is 1. The van der Waals surface area contributed by atoms with Crippen LogP contribution in [0.2, 0.25) is 0 Å². The van der Waals surface area contributed by atoms with E-state index in [4.69, 9.17) is 4.74 Å². The molecule has 0 unspecified atom stereocenters. The second-order valence-corrected chi connectivity index (χ2v) is 5.09. The molecule has 0 saturated carbocycles. The third-order valence-electron chi connectivity index (χ3n) is 3.27. The summed E-state index contributed by atoms with van der Waals surface area (Å²) in [5.74, 6) is 0.942. The van der Waals surface area contributed by atoms with E-state index < -0.39 is 0 Å². The number of benzene rings is 1. The summed E-state index contributed by atoms with van der Waals surface area (Å²) >= 11 is 1.73. The van der Waals surface area contributed by atoms with Gasteiger partial charge in [-0.25, -0.2) is 0 Å². The van der Waals surface area contributed by atoms with Gasteiger partial charge in [0.1, 0.15) is 5.75 Å². The maximum absolute atomic E-state index is 9.35. The molecule has 0 amide bonds. The molecule has 0 atom stereocenters. The van der Waals surface area contributed by atoms with E-state index in [1.54, 1.807) is 11.3 Å². The van der Waals surface area contributed by atoms with Crippen LogP contribution in [0.25, 0.3) is 11.1 Å². The zero-order valence-electron chi connectivity index (χ0n) is 9.69. The molecule has 1 aliphatic rings. The van der Waals surface area contributed by atoms with Crippen LogP contribution in [-0.2, 0) is 13.0 Å². The lowest BCUT2D eigenvalue weighted by Gasteiger charge is -2.11. The summed E-state index contributed by atoms with van der Waals surface area (Å²) in [4.78, 5) is 0. The lowest BCUT2D eigenvalue weighted by atomic mass is 9.98. The quantitative estimate of drug-likeness (QED) is 0.837. The van der Waals surface area contributed by atoms with Gasteiger partial charge in [0.25, 0.3) is 0 Å². The van der Waals surface area contributed by atoms with Crippen LogP contribution in [0.4, 0.5) is 0 Å². The van der Waals surface area contributed by atoms with Crippen LogP contribution < -0.4 is 4.74 Å². The first-order valence-electron chi connectivity index (χ1n) is 5.72. The van der Waals surface area contributed by atoms with Gasteiger partial charge in [-0.15, -0.1) is 0 Å². The Morgan fingerprint density at radius 3 is 3.00 bits per heavy atom. The molecule has 1 aromatic heterocycles. The van der Waals surface area contributed by atoms with E-state index in [0.717, 1.165) is 35.5 Å². The molecule has 0 aliphatic carbocycles. The van der Waals surface area contributed by atoms with Gasteiger partial charge in [-0.1, -0.05) is 0 Å². The summed E-state index contributed by atoms with van der Waals surface area (Å²) < 4.78 is 5.79. The third kappa shape index (κ3) is 1.75. The zero-order valence-corrected chi connectivity index (χ0v) is 10.5. The van der Waals surface area contributed by atoms with E-state index in [2.05, 4.69) is 16.8 Å². The van der Waals surface area contributed by atoms with Gasteiger partial charge >= 0.3 is 0 Å². The first kappa shape index (κ1) is 10.8. The van der Waals surface area contributed by atoms with Crippen LogP contribution in [0, 0.1) is 6.92 Å². The molecule has 3 heteroatoms. The molecular weight excluding hydrogens is 232 g/mol. The number of ether oxygens (including phenoxy) is 1. The Morgan fingerprint density at radius 2 is 2.18 bits per heavy atom. The summed E-state index contributed by atoms with van der Waals surface area (Å²) in [6, 6.07) is 4.09. The predicted molar refractivity (Wildman–Crippen MR) is 69.6 cm³/mol. The van der Waals surface area contributed by atoms with Crippen molar-refractivity contribution >= 4 is 11.3 Å². The highest BCUT2D eigenvalue weighted by atomic mass is 32.1. The van der Waals surface area contributed by atoms with Crippen molar-refractivity contribution in [3.05, 3.63) is 39.6 Å². The van der Waals surface area contributed by atoms with Crippen molar-refractivity contribution in [1.82, 2.24) is 0 Å². The van der Waals surface area contributed by atoms with Crippen molar-refractivity contribution in [3.63, 3.8) is 0 Å². The molecule has 1 aromatic carbocycles. The Balaban J connectivity index is 2.24. The summed E-state index contributed by atoms with van der Waals surface area (Å²) in [7, 11) is 0. The zero-order chi connectivity index (χ0) is 11.8. The minimum atomic E-state index is 0.0819. The highest BCUT2D eigenvalue weighted by molar-refractivity contribution is 7.08. The van der Waals surface area contributed by atoms with Crippen LogP contribution in [0.15, 0.2) is 22.9 Å². The van der Waals surface area contributed by atoms with Crippen molar-refractivity contribution < 1.29 is 9.84 Å². The highest BCUT2D eigenvalue weighted by Crippen LogP contribution is 2.38. The van der Waals surface area contributed by atoms with E-state index >= 15 is 0 Å². The standard InChI is InChI=1S/C14H14O2S/c1-9-4-14-12(5-11(9)6-15)13-8-17-7-10(13)2-3-16-14/h4-5,7-8,15H,2-3,6H2,1H3. The normalized spacial score (nSPS) is 13.5. The van der Waals surface area contributed by atoms with Crippen LogP contribution in [0.5, 0.6) is 5.75 Å². The molecule has 88 valence electrons. The molecule has 2 nitrogen and oxygen atoms in total. The van der Waals surface area contributed by atoms with E-state index in [1.165, 1.54) is 11.1 Å². The average molecular weight is 246 g/mol. The summed E-state index contributed by atoms with van der Waals surface area (Å²) in [5.41, 5.74) is 5.79.